The number of carbonyl (C=O) groups excluding carboxylic acids is 1. The van der Waals surface area contributed by atoms with Gasteiger partial charge in [-0.1, -0.05) is 59.6 Å². The van der Waals surface area contributed by atoms with E-state index in [4.69, 9.17) is 32.9 Å². The van der Waals surface area contributed by atoms with Gasteiger partial charge in [0.1, 0.15) is 5.75 Å². The summed E-state index contributed by atoms with van der Waals surface area (Å²) in [5.74, 6) is 0.567. The SMILES string of the molecule is O=C1COc2ccc(-c3csc(Cc4ccccc4)n3)cc2N1Cc1ccc(Cl)c(Cl)c1. The molecule has 3 aromatic carbocycles. The first-order valence-corrected chi connectivity index (χ1v) is 11.7. The summed E-state index contributed by atoms with van der Waals surface area (Å²) in [5.41, 5.74) is 4.67. The van der Waals surface area contributed by atoms with Crippen LogP contribution in [0.15, 0.2) is 72.1 Å². The van der Waals surface area contributed by atoms with E-state index in [-0.39, 0.29) is 12.5 Å². The van der Waals surface area contributed by atoms with Crippen molar-refractivity contribution in [3.63, 3.8) is 0 Å². The van der Waals surface area contributed by atoms with Crippen LogP contribution in [0.1, 0.15) is 16.1 Å². The smallest absolute Gasteiger partial charge is 0.265 e. The highest BCUT2D eigenvalue weighted by Crippen LogP contribution is 2.37. The molecule has 0 spiro atoms. The number of hydrogen-bond donors (Lipinski definition) is 0. The molecular formula is C25H18Cl2N2O2S. The van der Waals surface area contributed by atoms with Crippen molar-refractivity contribution in [1.82, 2.24) is 4.98 Å². The molecule has 0 atom stereocenters. The number of ether oxygens (including phenoxy) is 1. The molecule has 1 amide bonds. The lowest BCUT2D eigenvalue weighted by molar-refractivity contribution is -0.121. The number of hydrogen-bond acceptors (Lipinski definition) is 4. The molecule has 4 nitrogen and oxygen atoms in total. The zero-order chi connectivity index (χ0) is 22.1. The fourth-order valence-electron chi connectivity index (χ4n) is 3.65. The number of fused-ring (bicyclic) bond motifs is 1. The molecule has 0 N–H and O–H groups in total. The molecule has 0 saturated heterocycles. The normalized spacial score (nSPS) is 13.1. The summed E-state index contributed by atoms with van der Waals surface area (Å²) >= 11 is 13.8. The largest absolute Gasteiger partial charge is 0.482 e. The molecule has 2 heterocycles. The minimum atomic E-state index is -0.108. The van der Waals surface area contributed by atoms with E-state index in [1.807, 2.05) is 42.5 Å². The molecule has 1 aliphatic rings. The standard InChI is InChI=1S/C25H18Cl2N2O2S/c26-19-8-6-17(10-20(19)27)13-29-22-12-18(7-9-23(22)31-14-25(29)30)21-15-32-24(28-21)11-16-4-2-1-3-5-16/h1-10,12,15H,11,13-14H2. The zero-order valence-electron chi connectivity index (χ0n) is 16.9. The van der Waals surface area contributed by atoms with Crippen LogP contribution in [0.25, 0.3) is 11.3 Å². The van der Waals surface area contributed by atoms with Crippen LogP contribution in [0.4, 0.5) is 5.69 Å². The number of anilines is 1. The van der Waals surface area contributed by atoms with Crippen molar-refractivity contribution in [2.45, 2.75) is 13.0 Å². The molecule has 0 fully saturated rings. The van der Waals surface area contributed by atoms with Gasteiger partial charge >= 0.3 is 0 Å². The van der Waals surface area contributed by atoms with Gasteiger partial charge < -0.3 is 9.64 Å². The summed E-state index contributed by atoms with van der Waals surface area (Å²) in [5, 5.41) is 4.05. The van der Waals surface area contributed by atoms with E-state index in [0.29, 0.717) is 22.3 Å². The quantitative estimate of drug-likeness (QED) is 0.321. The molecule has 32 heavy (non-hydrogen) atoms. The van der Waals surface area contributed by atoms with E-state index >= 15 is 0 Å². The van der Waals surface area contributed by atoms with E-state index in [1.165, 1.54) is 5.56 Å². The molecule has 0 radical (unpaired) electrons. The van der Waals surface area contributed by atoms with Gasteiger partial charge in [0.15, 0.2) is 6.61 Å². The molecule has 1 aromatic heterocycles. The number of carbonyl (C=O) groups is 1. The maximum absolute atomic E-state index is 12.7. The lowest BCUT2D eigenvalue weighted by atomic mass is 10.1. The Kier molecular flexibility index (Phi) is 5.87. The average molecular weight is 481 g/mol. The van der Waals surface area contributed by atoms with Crippen molar-refractivity contribution in [2.75, 3.05) is 11.5 Å². The maximum Gasteiger partial charge on any atom is 0.265 e. The van der Waals surface area contributed by atoms with Crippen LogP contribution in [-0.2, 0) is 17.8 Å². The molecule has 160 valence electrons. The Bertz CT molecular complexity index is 1290. The second kappa shape index (κ2) is 8.94. The van der Waals surface area contributed by atoms with Crippen LogP contribution < -0.4 is 9.64 Å². The highest BCUT2D eigenvalue weighted by atomic mass is 35.5. The van der Waals surface area contributed by atoms with Gasteiger partial charge in [-0.15, -0.1) is 11.3 Å². The summed E-state index contributed by atoms with van der Waals surface area (Å²) in [6.45, 7) is 0.386. The number of rotatable bonds is 5. The van der Waals surface area contributed by atoms with Crippen LogP contribution in [0.2, 0.25) is 10.0 Å². The second-order valence-corrected chi connectivity index (χ2v) is 9.25. The van der Waals surface area contributed by atoms with Gasteiger partial charge in [0.2, 0.25) is 0 Å². The first-order chi connectivity index (χ1) is 15.6. The van der Waals surface area contributed by atoms with Crippen molar-refractivity contribution in [2.24, 2.45) is 0 Å². The van der Waals surface area contributed by atoms with Gasteiger partial charge in [0.25, 0.3) is 5.91 Å². The number of thiazole rings is 1. The van der Waals surface area contributed by atoms with Crippen molar-refractivity contribution in [1.29, 1.82) is 0 Å². The predicted molar refractivity (Wildman–Crippen MR) is 130 cm³/mol. The Labute approximate surface area is 200 Å². The van der Waals surface area contributed by atoms with E-state index in [9.17, 15) is 4.79 Å². The van der Waals surface area contributed by atoms with Crippen LogP contribution in [0, 0.1) is 0 Å². The van der Waals surface area contributed by atoms with Crippen molar-refractivity contribution in [3.05, 3.63) is 98.3 Å². The van der Waals surface area contributed by atoms with Crippen molar-refractivity contribution >= 4 is 46.1 Å². The Morgan fingerprint density at radius 2 is 1.81 bits per heavy atom. The molecule has 0 saturated carbocycles. The number of halogens is 2. The van der Waals surface area contributed by atoms with Crippen LogP contribution >= 0.6 is 34.5 Å². The Hall–Kier alpha value is -2.86. The van der Waals surface area contributed by atoms with Crippen molar-refractivity contribution < 1.29 is 9.53 Å². The molecule has 0 bridgehead atoms. The molecule has 0 unspecified atom stereocenters. The predicted octanol–water partition coefficient (Wildman–Crippen LogP) is 6.63. The fraction of sp³-hybridized carbons (Fsp3) is 0.120. The van der Waals surface area contributed by atoms with E-state index in [2.05, 4.69) is 17.5 Å². The topological polar surface area (TPSA) is 42.4 Å². The van der Waals surface area contributed by atoms with Crippen LogP contribution in [0.5, 0.6) is 5.75 Å². The summed E-state index contributed by atoms with van der Waals surface area (Å²) in [6, 6.07) is 21.5. The van der Waals surface area contributed by atoms with Crippen LogP contribution in [0.3, 0.4) is 0 Å². The first kappa shape index (κ1) is 21.0. The number of nitrogens with zero attached hydrogens (tertiary/aromatic N) is 2. The summed E-state index contributed by atoms with van der Waals surface area (Å²) in [4.78, 5) is 19.2. The molecule has 0 aliphatic carbocycles. The molecule has 7 heteroatoms. The van der Waals surface area contributed by atoms with Gasteiger partial charge in [-0.25, -0.2) is 4.98 Å². The highest BCUT2D eigenvalue weighted by molar-refractivity contribution is 7.10. The Balaban J connectivity index is 1.43. The Morgan fingerprint density at radius 3 is 2.62 bits per heavy atom. The van der Waals surface area contributed by atoms with Gasteiger partial charge in [-0.05, 0) is 41.5 Å². The summed E-state index contributed by atoms with van der Waals surface area (Å²) < 4.78 is 5.67. The summed E-state index contributed by atoms with van der Waals surface area (Å²) in [7, 11) is 0. The lowest BCUT2D eigenvalue weighted by Crippen LogP contribution is -2.38. The van der Waals surface area contributed by atoms with E-state index in [1.54, 1.807) is 28.4 Å². The van der Waals surface area contributed by atoms with Crippen molar-refractivity contribution in [3.8, 4) is 17.0 Å². The lowest BCUT2D eigenvalue weighted by Gasteiger charge is -2.30. The minimum absolute atomic E-state index is 0.00555. The number of aromatic nitrogens is 1. The monoisotopic (exact) mass is 480 g/mol. The van der Waals surface area contributed by atoms with E-state index < -0.39 is 0 Å². The van der Waals surface area contributed by atoms with Gasteiger partial charge in [-0.3, -0.25) is 4.79 Å². The first-order valence-electron chi connectivity index (χ1n) is 10.1. The van der Waals surface area contributed by atoms with Crippen LogP contribution in [-0.4, -0.2) is 17.5 Å². The third-order valence-electron chi connectivity index (χ3n) is 5.27. The number of amides is 1. The zero-order valence-corrected chi connectivity index (χ0v) is 19.3. The maximum atomic E-state index is 12.7. The Morgan fingerprint density at radius 1 is 0.969 bits per heavy atom. The third kappa shape index (κ3) is 4.37. The summed E-state index contributed by atoms with van der Waals surface area (Å²) in [6.07, 6.45) is 0.793. The highest BCUT2D eigenvalue weighted by Gasteiger charge is 2.26. The number of benzene rings is 3. The fourth-order valence-corrected chi connectivity index (χ4v) is 4.81. The molecule has 4 aromatic rings. The van der Waals surface area contributed by atoms with E-state index in [0.717, 1.165) is 33.9 Å². The van der Waals surface area contributed by atoms with Gasteiger partial charge in [-0.2, -0.15) is 0 Å². The third-order valence-corrected chi connectivity index (χ3v) is 6.86. The minimum Gasteiger partial charge on any atom is -0.482 e. The average Bonchev–Trinajstić information content (AvgIpc) is 3.27. The van der Waals surface area contributed by atoms with Gasteiger partial charge in [0.05, 0.1) is 33.0 Å². The van der Waals surface area contributed by atoms with Gasteiger partial charge in [0, 0.05) is 17.4 Å². The second-order valence-electron chi connectivity index (χ2n) is 7.49. The molecule has 1 aliphatic heterocycles. The molecular weight excluding hydrogens is 463 g/mol. The molecule has 5 rings (SSSR count).